The zero-order valence-corrected chi connectivity index (χ0v) is 11.6. The van der Waals surface area contributed by atoms with Crippen LogP contribution < -0.4 is 5.32 Å². The van der Waals surface area contributed by atoms with Crippen molar-refractivity contribution < 1.29 is 9.90 Å². The Labute approximate surface area is 117 Å². The number of phenolic OH excluding ortho intramolecular Hbond substituents is 1. The summed E-state index contributed by atoms with van der Waals surface area (Å²) in [6, 6.07) is 3.77. The first kappa shape index (κ1) is 12.8. The molecule has 2 saturated heterocycles. The molecule has 0 radical (unpaired) electrons. The van der Waals surface area contributed by atoms with E-state index in [4.69, 9.17) is 11.6 Å². The maximum Gasteiger partial charge on any atom is 0.223 e. The van der Waals surface area contributed by atoms with Gasteiger partial charge in [0.2, 0.25) is 5.91 Å². The van der Waals surface area contributed by atoms with E-state index >= 15 is 0 Å². The van der Waals surface area contributed by atoms with E-state index in [0.29, 0.717) is 24.0 Å². The van der Waals surface area contributed by atoms with Gasteiger partial charge in [-0.3, -0.25) is 4.79 Å². The molecule has 5 heteroatoms. The van der Waals surface area contributed by atoms with Crippen LogP contribution in [0.25, 0.3) is 0 Å². The fourth-order valence-corrected chi connectivity index (χ4v) is 3.17. The van der Waals surface area contributed by atoms with Crippen molar-refractivity contribution in [3.8, 4) is 5.75 Å². The highest BCUT2D eigenvalue weighted by molar-refractivity contribution is 6.32. The minimum absolute atomic E-state index is 0.000463. The quantitative estimate of drug-likeness (QED) is 0.866. The number of benzene rings is 1. The summed E-state index contributed by atoms with van der Waals surface area (Å²) in [6.07, 6.45) is 0.438. The van der Waals surface area contributed by atoms with Gasteiger partial charge in [0.05, 0.1) is 11.1 Å². The molecule has 2 N–H and O–H groups in total. The zero-order valence-electron chi connectivity index (χ0n) is 10.8. The Morgan fingerprint density at radius 2 is 2.16 bits per heavy atom. The van der Waals surface area contributed by atoms with E-state index < -0.39 is 0 Å². The Morgan fingerprint density at radius 3 is 2.79 bits per heavy atom. The molecule has 1 aromatic rings. The Balaban J connectivity index is 1.88. The first-order chi connectivity index (χ1) is 9.08. The summed E-state index contributed by atoms with van der Waals surface area (Å²) in [7, 11) is 0. The number of aryl methyl sites for hydroxylation is 1. The fraction of sp³-hybridized carbons (Fsp3) is 0.500. The number of carbonyl (C=O) groups is 1. The van der Waals surface area contributed by atoms with Crippen LogP contribution in [0.4, 0.5) is 0 Å². The zero-order chi connectivity index (χ0) is 13.6. The highest BCUT2D eigenvalue weighted by Gasteiger charge is 2.38. The number of phenols is 1. The Hall–Kier alpha value is -1.26. The number of halogens is 1. The summed E-state index contributed by atoms with van der Waals surface area (Å²) in [4.78, 5) is 14.0. The van der Waals surface area contributed by atoms with Crippen LogP contribution in [-0.2, 0) is 4.79 Å². The van der Waals surface area contributed by atoms with Gasteiger partial charge in [0.1, 0.15) is 5.75 Å². The van der Waals surface area contributed by atoms with Crippen LogP contribution in [0.3, 0.4) is 0 Å². The minimum atomic E-state index is 0.000463. The molecule has 19 heavy (non-hydrogen) atoms. The summed E-state index contributed by atoms with van der Waals surface area (Å²) in [5.74, 6) is 0.357. The molecular weight excluding hydrogens is 264 g/mol. The van der Waals surface area contributed by atoms with Gasteiger partial charge < -0.3 is 15.3 Å². The number of aromatic hydroxyl groups is 1. The summed E-state index contributed by atoms with van der Waals surface area (Å²) in [6.45, 7) is 4.30. The first-order valence-corrected chi connectivity index (χ1v) is 6.94. The average molecular weight is 281 g/mol. The Kier molecular flexibility index (Phi) is 3.15. The molecule has 2 aliphatic heterocycles. The van der Waals surface area contributed by atoms with Crippen molar-refractivity contribution in [1.29, 1.82) is 0 Å². The lowest BCUT2D eigenvalue weighted by molar-refractivity contribution is -0.130. The molecular formula is C14H17ClN2O2. The molecule has 0 aromatic heterocycles. The van der Waals surface area contributed by atoms with E-state index in [2.05, 4.69) is 5.32 Å². The molecule has 0 saturated carbocycles. The number of rotatable bonds is 2. The van der Waals surface area contributed by atoms with Gasteiger partial charge in [-0.1, -0.05) is 17.7 Å². The standard InChI is InChI=1S/C14H17ClN2O2/c1-8-2-3-11(18)13(14(8)15)9-4-12(19)17(7-9)10-5-16-6-10/h2-3,9-10,16,18H,4-7H2,1H3/t9-/m0/s1. The second-order valence-corrected chi connectivity index (χ2v) is 5.77. The van der Waals surface area contributed by atoms with Crippen LogP contribution in [0.15, 0.2) is 12.1 Å². The van der Waals surface area contributed by atoms with E-state index in [-0.39, 0.29) is 17.6 Å². The summed E-state index contributed by atoms with van der Waals surface area (Å²) >= 11 is 6.30. The second kappa shape index (κ2) is 4.69. The van der Waals surface area contributed by atoms with Gasteiger partial charge in [0.25, 0.3) is 0 Å². The lowest BCUT2D eigenvalue weighted by Gasteiger charge is -2.35. The van der Waals surface area contributed by atoms with Crippen LogP contribution in [0.2, 0.25) is 5.02 Å². The lowest BCUT2D eigenvalue weighted by Crippen LogP contribution is -2.57. The van der Waals surface area contributed by atoms with Gasteiger partial charge in [0, 0.05) is 37.5 Å². The molecule has 4 nitrogen and oxygen atoms in total. The molecule has 0 bridgehead atoms. The normalized spacial score (nSPS) is 23.8. The predicted molar refractivity (Wildman–Crippen MR) is 73.6 cm³/mol. The number of carbonyl (C=O) groups excluding carboxylic acids is 1. The van der Waals surface area contributed by atoms with Crippen LogP contribution >= 0.6 is 11.6 Å². The topological polar surface area (TPSA) is 52.6 Å². The van der Waals surface area contributed by atoms with Crippen molar-refractivity contribution in [2.75, 3.05) is 19.6 Å². The number of nitrogens with one attached hydrogen (secondary N) is 1. The summed E-state index contributed by atoms with van der Waals surface area (Å²) < 4.78 is 0. The van der Waals surface area contributed by atoms with Crippen molar-refractivity contribution in [2.45, 2.75) is 25.3 Å². The number of likely N-dealkylation sites (tertiary alicyclic amines) is 1. The van der Waals surface area contributed by atoms with Gasteiger partial charge in [0.15, 0.2) is 0 Å². The van der Waals surface area contributed by atoms with Gasteiger partial charge >= 0.3 is 0 Å². The smallest absolute Gasteiger partial charge is 0.223 e. The highest BCUT2D eigenvalue weighted by atomic mass is 35.5. The van der Waals surface area contributed by atoms with Gasteiger partial charge in [-0.25, -0.2) is 0 Å². The minimum Gasteiger partial charge on any atom is -0.508 e. The average Bonchev–Trinajstić information content (AvgIpc) is 2.65. The molecule has 2 heterocycles. The van der Waals surface area contributed by atoms with Crippen molar-refractivity contribution >= 4 is 17.5 Å². The molecule has 2 fully saturated rings. The molecule has 0 aliphatic carbocycles. The van der Waals surface area contributed by atoms with E-state index in [0.717, 1.165) is 24.2 Å². The van der Waals surface area contributed by atoms with Crippen LogP contribution in [-0.4, -0.2) is 41.6 Å². The third-order valence-corrected chi connectivity index (χ3v) is 4.62. The van der Waals surface area contributed by atoms with Gasteiger partial charge in [-0.15, -0.1) is 0 Å². The first-order valence-electron chi connectivity index (χ1n) is 6.56. The number of hydrogen-bond acceptors (Lipinski definition) is 3. The Morgan fingerprint density at radius 1 is 1.42 bits per heavy atom. The fourth-order valence-electron chi connectivity index (χ4n) is 2.85. The second-order valence-electron chi connectivity index (χ2n) is 5.39. The van der Waals surface area contributed by atoms with Crippen molar-refractivity contribution in [3.05, 3.63) is 28.3 Å². The van der Waals surface area contributed by atoms with E-state index in [1.165, 1.54) is 0 Å². The maximum absolute atomic E-state index is 12.1. The van der Waals surface area contributed by atoms with Crippen LogP contribution in [0.1, 0.15) is 23.5 Å². The van der Waals surface area contributed by atoms with Gasteiger partial charge in [-0.05, 0) is 18.6 Å². The largest absolute Gasteiger partial charge is 0.508 e. The molecule has 1 atom stereocenters. The molecule has 0 spiro atoms. The molecule has 2 aliphatic rings. The number of amides is 1. The van der Waals surface area contributed by atoms with E-state index in [9.17, 15) is 9.90 Å². The van der Waals surface area contributed by atoms with Crippen molar-refractivity contribution in [1.82, 2.24) is 10.2 Å². The summed E-state index contributed by atoms with van der Waals surface area (Å²) in [5, 5.41) is 13.8. The number of hydrogen-bond donors (Lipinski definition) is 2. The SMILES string of the molecule is Cc1ccc(O)c([C@H]2CC(=O)N(C3CNC3)C2)c1Cl. The monoisotopic (exact) mass is 280 g/mol. The molecule has 1 amide bonds. The van der Waals surface area contributed by atoms with Crippen LogP contribution in [0, 0.1) is 6.92 Å². The third-order valence-electron chi connectivity index (χ3n) is 4.12. The molecule has 102 valence electrons. The predicted octanol–water partition coefficient (Wildman–Crippen LogP) is 1.64. The van der Waals surface area contributed by atoms with E-state index in [1.54, 1.807) is 12.1 Å². The van der Waals surface area contributed by atoms with Crippen molar-refractivity contribution in [3.63, 3.8) is 0 Å². The molecule has 0 unspecified atom stereocenters. The van der Waals surface area contributed by atoms with Crippen LogP contribution in [0.5, 0.6) is 5.75 Å². The van der Waals surface area contributed by atoms with E-state index in [1.807, 2.05) is 11.8 Å². The van der Waals surface area contributed by atoms with Gasteiger partial charge in [-0.2, -0.15) is 0 Å². The molecule has 1 aromatic carbocycles. The van der Waals surface area contributed by atoms with Crippen molar-refractivity contribution in [2.24, 2.45) is 0 Å². The highest BCUT2D eigenvalue weighted by Crippen LogP contribution is 2.40. The summed E-state index contributed by atoms with van der Waals surface area (Å²) in [5.41, 5.74) is 1.66. The molecule has 3 rings (SSSR count). The maximum atomic E-state index is 12.1. The Bertz CT molecular complexity index is 528. The number of nitrogens with zero attached hydrogens (tertiary/aromatic N) is 1. The third kappa shape index (κ3) is 2.09. The lowest BCUT2D eigenvalue weighted by atomic mass is 9.95.